The maximum absolute atomic E-state index is 11.9. The van der Waals surface area contributed by atoms with Gasteiger partial charge in [0, 0.05) is 11.5 Å². The van der Waals surface area contributed by atoms with Crippen molar-refractivity contribution in [3.05, 3.63) is 18.2 Å². The van der Waals surface area contributed by atoms with Crippen LogP contribution in [0, 0.1) is 5.41 Å². The summed E-state index contributed by atoms with van der Waals surface area (Å²) in [4.78, 5) is 11.9. The van der Waals surface area contributed by atoms with Gasteiger partial charge in [0.25, 0.3) is 0 Å². The van der Waals surface area contributed by atoms with E-state index in [0.717, 1.165) is 0 Å². The first-order valence-electron chi connectivity index (χ1n) is 5.42. The number of carbonyl (C=O) groups excluding carboxylic acids is 1. The van der Waals surface area contributed by atoms with Gasteiger partial charge in [-0.1, -0.05) is 20.8 Å². The minimum Gasteiger partial charge on any atom is -0.497 e. The minimum absolute atomic E-state index is 0.0657. The molecule has 0 aliphatic rings. The number of hydrogen-bond acceptors (Lipinski definition) is 3. The van der Waals surface area contributed by atoms with Crippen molar-refractivity contribution in [1.82, 2.24) is 0 Å². The molecule has 0 atom stereocenters. The fraction of sp³-hybridized carbons (Fsp3) is 0.462. The van der Waals surface area contributed by atoms with Crippen molar-refractivity contribution < 1.29 is 14.3 Å². The van der Waals surface area contributed by atoms with Gasteiger partial charge in [0.1, 0.15) is 11.5 Å². The molecular formula is C13H19NO3. The summed E-state index contributed by atoms with van der Waals surface area (Å²) in [6.07, 6.45) is 0. The average molecular weight is 237 g/mol. The summed E-state index contributed by atoms with van der Waals surface area (Å²) in [5.74, 6) is 1.22. The number of nitrogens with one attached hydrogen (secondary N) is 1. The second-order valence-corrected chi connectivity index (χ2v) is 4.77. The molecule has 0 bridgehead atoms. The van der Waals surface area contributed by atoms with Crippen molar-refractivity contribution >= 4 is 11.6 Å². The maximum atomic E-state index is 11.9. The molecule has 94 valence electrons. The summed E-state index contributed by atoms with van der Waals surface area (Å²) in [5, 5.41) is 2.83. The van der Waals surface area contributed by atoms with Crippen molar-refractivity contribution in [3.8, 4) is 11.5 Å². The van der Waals surface area contributed by atoms with Crippen molar-refractivity contribution in [3.63, 3.8) is 0 Å². The highest BCUT2D eigenvalue weighted by atomic mass is 16.5. The second-order valence-electron chi connectivity index (χ2n) is 4.77. The number of anilines is 1. The van der Waals surface area contributed by atoms with Crippen LogP contribution in [0.15, 0.2) is 18.2 Å². The summed E-state index contributed by atoms with van der Waals surface area (Å²) in [6, 6.07) is 5.28. The summed E-state index contributed by atoms with van der Waals surface area (Å²) in [6.45, 7) is 5.57. The first kappa shape index (κ1) is 13.4. The molecule has 0 unspecified atom stereocenters. The van der Waals surface area contributed by atoms with Crippen LogP contribution < -0.4 is 14.8 Å². The standard InChI is InChI=1S/C13H19NO3/c1-13(2,3)12(15)14-10-8-9(16-4)6-7-11(10)17-5/h6-8H,1-5H3,(H,14,15). The van der Waals surface area contributed by atoms with Crippen molar-refractivity contribution in [2.75, 3.05) is 19.5 Å². The molecule has 4 nitrogen and oxygen atoms in total. The third-order valence-electron chi connectivity index (χ3n) is 2.34. The fourth-order valence-corrected chi connectivity index (χ4v) is 1.22. The Morgan fingerprint density at radius 1 is 1.18 bits per heavy atom. The predicted octanol–water partition coefficient (Wildman–Crippen LogP) is 2.69. The molecule has 0 saturated carbocycles. The zero-order chi connectivity index (χ0) is 13.1. The molecule has 0 spiro atoms. The van der Waals surface area contributed by atoms with Crippen LogP contribution in [-0.4, -0.2) is 20.1 Å². The smallest absolute Gasteiger partial charge is 0.229 e. The van der Waals surface area contributed by atoms with Gasteiger partial charge in [-0.05, 0) is 12.1 Å². The van der Waals surface area contributed by atoms with Crippen LogP contribution >= 0.6 is 0 Å². The molecule has 0 saturated heterocycles. The maximum Gasteiger partial charge on any atom is 0.229 e. The molecule has 0 fully saturated rings. The number of ether oxygens (including phenoxy) is 2. The van der Waals surface area contributed by atoms with Crippen LogP contribution in [0.1, 0.15) is 20.8 Å². The van der Waals surface area contributed by atoms with Gasteiger partial charge >= 0.3 is 0 Å². The zero-order valence-corrected chi connectivity index (χ0v) is 11.0. The monoisotopic (exact) mass is 237 g/mol. The van der Waals surface area contributed by atoms with Gasteiger partial charge in [-0.25, -0.2) is 0 Å². The van der Waals surface area contributed by atoms with Crippen LogP contribution in [0.5, 0.6) is 11.5 Å². The van der Waals surface area contributed by atoms with Gasteiger partial charge in [0.2, 0.25) is 5.91 Å². The first-order valence-corrected chi connectivity index (χ1v) is 5.42. The van der Waals surface area contributed by atoms with Gasteiger partial charge in [0.05, 0.1) is 19.9 Å². The largest absolute Gasteiger partial charge is 0.497 e. The highest BCUT2D eigenvalue weighted by Gasteiger charge is 2.22. The molecule has 4 heteroatoms. The van der Waals surface area contributed by atoms with Gasteiger partial charge < -0.3 is 14.8 Å². The van der Waals surface area contributed by atoms with Crippen molar-refractivity contribution in [2.24, 2.45) is 5.41 Å². The molecule has 1 amide bonds. The van der Waals surface area contributed by atoms with E-state index in [9.17, 15) is 4.79 Å². The van der Waals surface area contributed by atoms with E-state index in [2.05, 4.69) is 5.32 Å². The summed E-state index contributed by atoms with van der Waals surface area (Å²) in [5.41, 5.74) is 0.167. The Bertz CT molecular complexity index is 408. The molecule has 0 aliphatic carbocycles. The molecule has 1 rings (SSSR count). The van der Waals surface area contributed by atoms with E-state index in [1.165, 1.54) is 0 Å². The van der Waals surface area contributed by atoms with Gasteiger partial charge in [-0.2, -0.15) is 0 Å². The van der Waals surface area contributed by atoms with E-state index in [4.69, 9.17) is 9.47 Å². The molecule has 1 aromatic carbocycles. The lowest BCUT2D eigenvalue weighted by Gasteiger charge is -2.19. The predicted molar refractivity (Wildman–Crippen MR) is 67.6 cm³/mol. The van der Waals surface area contributed by atoms with E-state index in [0.29, 0.717) is 17.2 Å². The number of rotatable bonds is 3. The van der Waals surface area contributed by atoms with E-state index >= 15 is 0 Å². The Balaban J connectivity index is 2.99. The topological polar surface area (TPSA) is 47.6 Å². The Morgan fingerprint density at radius 2 is 1.82 bits per heavy atom. The van der Waals surface area contributed by atoms with E-state index < -0.39 is 5.41 Å². The van der Waals surface area contributed by atoms with Crippen LogP contribution in [0.25, 0.3) is 0 Å². The lowest BCUT2D eigenvalue weighted by Crippen LogP contribution is -2.27. The summed E-state index contributed by atoms with van der Waals surface area (Å²) < 4.78 is 10.3. The van der Waals surface area contributed by atoms with Crippen LogP contribution in [0.2, 0.25) is 0 Å². The highest BCUT2D eigenvalue weighted by molar-refractivity contribution is 5.96. The number of methoxy groups -OCH3 is 2. The first-order chi connectivity index (χ1) is 7.88. The quantitative estimate of drug-likeness (QED) is 0.879. The number of amides is 1. The van der Waals surface area contributed by atoms with Crippen LogP contribution in [0.3, 0.4) is 0 Å². The van der Waals surface area contributed by atoms with Crippen molar-refractivity contribution in [1.29, 1.82) is 0 Å². The summed E-state index contributed by atoms with van der Waals surface area (Å²) >= 11 is 0. The Labute approximate surface area is 102 Å². The lowest BCUT2D eigenvalue weighted by atomic mass is 9.95. The molecule has 0 heterocycles. The number of benzene rings is 1. The fourth-order valence-electron chi connectivity index (χ4n) is 1.22. The molecule has 1 N–H and O–H groups in total. The third-order valence-corrected chi connectivity index (χ3v) is 2.34. The van der Waals surface area contributed by atoms with Gasteiger partial charge in [0.15, 0.2) is 0 Å². The van der Waals surface area contributed by atoms with Gasteiger partial charge in [-0.3, -0.25) is 4.79 Å². The molecule has 1 aromatic rings. The Morgan fingerprint density at radius 3 is 2.29 bits per heavy atom. The Hall–Kier alpha value is -1.71. The minimum atomic E-state index is -0.450. The van der Waals surface area contributed by atoms with Gasteiger partial charge in [-0.15, -0.1) is 0 Å². The van der Waals surface area contributed by atoms with Crippen LogP contribution in [0.4, 0.5) is 5.69 Å². The van der Waals surface area contributed by atoms with E-state index in [1.807, 2.05) is 20.8 Å². The SMILES string of the molecule is COc1ccc(OC)c(NC(=O)C(C)(C)C)c1. The molecular weight excluding hydrogens is 218 g/mol. The highest BCUT2D eigenvalue weighted by Crippen LogP contribution is 2.30. The van der Waals surface area contributed by atoms with E-state index in [-0.39, 0.29) is 5.91 Å². The normalized spacial score (nSPS) is 10.9. The zero-order valence-electron chi connectivity index (χ0n) is 11.0. The average Bonchev–Trinajstić information content (AvgIpc) is 2.27. The number of hydrogen-bond donors (Lipinski definition) is 1. The summed E-state index contributed by atoms with van der Waals surface area (Å²) in [7, 11) is 3.14. The number of carbonyl (C=O) groups is 1. The van der Waals surface area contributed by atoms with Crippen molar-refractivity contribution in [2.45, 2.75) is 20.8 Å². The second kappa shape index (κ2) is 5.08. The lowest BCUT2D eigenvalue weighted by molar-refractivity contribution is -0.123. The Kier molecular flexibility index (Phi) is 3.99. The molecule has 0 aromatic heterocycles. The third kappa shape index (κ3) is 3.37. The van der Waals surface area contributed by atoms with Crippen LogP contribution in [-0.2, 0) is 4.79 Å². The molecule has 0 radical (unpaired) electrons. The molecule has 17 heavy (non-hydrogen) atoms. The molecule has 0 aliphatic heterocycles. The van der Waals surface area contributed by atoms with E-state index in [1.54, 1.807) is 32.4 Å².